The van der Waals surface area contributed by atoms with E-state index >= 15 is 0 Å². The molecule has 3 aromatic rings. The third-order valence-corrected chi connectivity index (χ3v) is 6.85. The topological polar surface area (TPSA) is 0 Å². The Morgan fingerprint density at radius 2 is 1.38 bits per heavy atom. The minimum Gasteiger partial charge on any atom is -1.00 e. The predicted octanol–water partition coefficient (Wildman–Crippen LogP) is 3.50. The molecule has 0 heterocycles. The Bertz CT molecular complexity index is 1060. The van der Waals surface area contributed by atoms with Crippen LogP contribution >= 0.6 is 0 Å². The SMILES string of the molecule is CC(C)(C)c1c[c-]c2c(c1)-c1cc(C(C)(C)C)ccc1C2.CCC(C)(C)c1cc[cH-]c1.C[C](C)=[Zr+2].[Cl-].[Cl-]. The molecule has 0 N–H and O–H groups in total. The van der Waals surface area contributed by atoms with E-state index < -0.39 is 0 Å². The maximum atomic E-state index is 3.53. The van der Waals surface area contributed by atoms with Crippen LogP contribution in [0.1, 0.15) is 110 Å². The van der Waals surface area contributed by atoms with Crippen molar-refractivity contribution in [2.24, 2.45) is 0 Å². The minimum atomic E-state index is 0. The monoisotopic (exact) mass is 614 g/mol. The predicted molar refractivity (Wildman–Crippen MR) is 153 cm³/mol. The Balaban J connectivity index is 0.000000684. The summed E-state index contributed by atoms with van der Waals surface area (Å²) in [5.74, 6) is 0. The second-order valence-electron chi connectivity index (χ2n) is 12.7. The quantitative estimate of drug-likeness (QED) is 0.303. The van der Waals surface area contributed by atoms with Crippen LogP contribution in [-0.2, 0) is 46.9 Å². The van der Waals surface area contributed by atoms with Gasteiger partial charge in [-0.25, -0.2) is 6.07 Å². The molecule has 202 valence electrons. The Morgan fingerprint density at radius 1 is 0.838 bits per heavy atom. The molecule has 0 fully saturated rings. The zero-order valence-corrected chi connectivity index (χ0v) is 28.8. The molecule has 0 nitrogen and oxygen atoms in total. The molecule has 0 amide bonds. The normalized spacial score (nSPS) is 11.9. The van der Waals surface area contributed by atoms with E-state index in [4.69, 9.17) is 0 Å². The number of rotatable bonds is 2. The average Bonchev–Trinajstić information content (AvgIpc) is 3.40. The van der Waals surface area contributed by atoms with Gasteiger partial charge < -0.3 is 24.8 Å². The molecular weight excluding hydrogens is 571 g/mol. The van der Waals surface area contributed by atoms with E-state index in [-0.39, 0.29) is 35.6 Å². The Labute approximate surface area is 255 Å². The van der Waals surface area contributed by atoms with Gasteiger partial charge in [-0.05, 0) is 17.4 Å². The molecule has 0 saturated heterocycles. The fraction of sp³-hybridized carbons (Fsp3) is 0.471. The van der Waals surface area contributed by atoms with Gasteiger partial charge in [0.05, 0.1) is 0 Å². The fourth-order valence-corrected chi connectivity index (χ4v) is 4.01. The van der Waals surface area contributed by atoms with Crippen molar-refractivity contribution in [1.29, 1.82) is 0 Å². The summed E-state index contributed by atoms with van der Waals surface area (Å²) in [5, 5.41) is 0. The van der Waals surface area contributed by atoms with Crippen LogP contribution in [0.15, 0.2) is 54.6 Å². The van der Waals surface area contributed by atoms with E-state index in [0.717, 1.165) is 6.42 Å². The van der Waals surface area contributed by atoms with E-state index in [1.165, 1.54) is 48.6 Å². The molecule has 0 spiro atoms. The maximum absolute atomic E-state index is 3.53. The van der Waals surface area contributed by atoms with Crippen LogP contribution in [-0.4, -0.2) is 3.21 Å². The van der Waals surface area contributed by atoms with E-state index in [0.29, 0.717) is 5.41 Å². The summed E-state index contributed by atoms with van der Waals surface area (Å²) in [6.45, 7) is 24.7. The standard InChI is InChI=1S/C21H25.C10H15.C3H6.2ClH.Zr/c1-20(2,3)16-9-7-14-11-15-8-10-17(21(4,5)6)13-19(15)18(14)12-16;1-4-10(2,3)9-7-5-6-8-9;1-3-2;;;/h7,9-10,12-13H,11H2,1-6H3;5-8H,4H2,1-3H3;1-2H3;2*1H;/q2*-1;;;;+2/p-2. The smallest absolute Gasteiger partial charge is 1.00 e. The summed E-state index contributed by atoms with van der Waals surface area (Å²) in [4.78, 5) is 0. The average molecular weight is 617 g/mol. The number of hydrogen-bond acceptors (Lipinski definition) is 0. The van der Waals surface area contributed by atoms with E-state index in [2.05, 4.69) is 137 Å². The molecule has 4 rings (SSSR count). The second-order valence-corrected chi connectivity index (χ2v) is 15.2. The molecule has 3 aromatic carbocycles. The first-order chi connectivity index (χ1) is 16.1. The summed E-state index contributed by atoms with van der Waals surface area (Å²) in [7, 11) is 0. The maximum Gasteiger partial charge on any atom is -1.00 e. The first-order valence-electron chi connectivity index (χ1n) is 13.0. The molecule has 1 aliphatic rings. The first-order valence-corrected chi connectivity index (χ1v) is 14.2. The first kappa shape index (κ1) is 36.1. The number of hydrogen-bond donors (Lipinski definition) is 0. The molecule has 0 radical (unpaired) electrons. The molecule has 0 aromatic heterocycles. The molecule has 0 atom stereocenters. The zero-order valence-electron chi connectivity index (χ0n) is 24.9. The van der Waals surface area contributed by atoms with Crippen molar-refractivity contribution in [3.63, 3.8) is 0 Å². The molecule has 0 unspecified atom stereocenters. The third-order valence-electron chi connectivity index (χ3n) is 6.85. The number of halogens is 2. The van der Waals surface area contributed by atoms with Crippen LogP contribution in [0.2, 0.25) is 0 Å². The number of benzene rings is 2. The molecular formula is C34H46Cl2Zr-2. The van der Waals surface area contributed by atoms with Crippen LogP contribution in [0, 0.1) is 6.07 Å². The zero-order chi connectivity index (χ0) is 26.6. The Morgan fingerprint density at radius 3 is 1.84 bits per heavy atom. The Kier molecular flexibility index (Phi) is 14.1. The Hall–Kier alpha value is -0.877. The van der Waals surface area contributed by atoms with Crippen molar-refractivity contribution in [3.05, 3.63) is 88.5 Å². The van der Waals surface area contributed by atoms with Crippen LogP contribution in [0.5, 0.6) is 0 Å². The largest absolute Gasteiger partial charge is 1.00 e. The number of fused-ring (bicyclic) bond motifs is 3. The van der Waals surface area contributed by atoms with Gasteiger partial charge in [0.15, 0.2) is 0 Å². The molecule has 0 bridgehead atoms. The van der Waals surface area contributed by atoms with Crippen molar-refractivity contribution in [2.45, 2.75) is 105 Å². The molecule has 3 heteroatoms. The summed E-state index contributed by atoms with van der Waals surface area (Å²) in [5.41, 5.74) is 10.6. The van der Waals surface area contributed by atoms with Gasteiger partial charge in [0.25, 0.3) is 0 Å². The third kappa shape index (κ3) is 10.3. The minimum absolute atomic E-state index is 0. The van der Waals surface area contributed by atoms with Gasteiger partial charge in [-0.1, -0.05) is 109 Å². The van der Waals surface area contributed by atoms with Gasteiger partial charge >= 0.3 is 41.3 Å². The van der Waals surface area contributed by atoms with Crippen molar-refractivity contribution >= 4 is 3.21 Å². The van der Waals surface area contributed by atoms with Gasteiger partial charge in [0, 0.05) is 0 Å². The van der Waals surface area contributed by atoms with E-state index in [1.807, 2.05) is 0 Å². The summed E-state index contributed by atoms with van der Waals surface area (Å²) < 4.78 is 1.51. The van der Waals surface area contributed by atoms with Crippen LogP contribution < -0.4 is 24.8 Å². The van der Waals surface area contributed by atoms with E-state index in [1.54, 1.807) is 24.2 Å². The fourth-order valence-electron chi connectivity index (χ4n) is 4.01. The van der Waals surface area contributed by atoms with Gasteiger partial charge in [-0.3, -0.25) is 0 Å². The molecule has 37 heavy (non-hydrogen) atoms. The summed E-state index contributed by atoms with van der Waals surface area (Å²) in [6, 6.07) is 23.7. The summed E-state index contributed by atoms with van der Waals surface area (Å²) >= 11 is 1.55. The van der Waals surface area contributed by atoms with Gasteiger partial charge in [-0.2, -0.15) is 53.1 Å². The van der Waals surface area contributed by atoms with Crippen LogP contribution in [0.4, 0.5) is 0 Å². The van der Waals surface area contributed by atoms with Crippen molar-refractivity contribution in [2.75, 3.05) is 0 Å². The van der Waals surface area contributed by atoms with Crippen molar-refractivity contribution < 1.29 is 49.0 Å². The molecule has 0 saturated carbocycles. The van der Waals surface area contributed by atoms with Gasteiger partial charge in [-0.15, -0.1) is 5.56 Å². The van der Waals surface area contributed by atoms with Gasteiger partial charge in [0.1, 0.15) is 0 Å². The van der Waals surface area contributed by atoms with E-state index in [9.17, 15) is 0 Å². The molecule has 1 aliphatic carbocycles. The second kappa shape index (κ2) is 14.5. The van der Waals surface area contributed by atoms with Gasteiger partial charge in [0.2, 0.25) is 0 Å². The van der Waals surface area contributed by atoms with Crippen LogP contribution in [0.25, 0.3) is 11.1 Å². The molecule has 0 aliphatic heterocycles. The summed E-state index contributed by atoms with van der Waals surface area (Å²) in [6.07, 6.45) is 2.23. The van der Waals surface area contributed by atoms with Crippen molar-refractivity contribution in [3.8, 4) is 11.1 Å². The van der Waals surface area contributed by atoms with Crippen molar-refractivity contribution in [1.82, 2.24) is 0 Å². The van der Waals surface area contributed by atoms with Crippen LogP contribution in [0.3, 0.4) is 0 Å².